The van der Waals surface area contributed by atoms with Crippen molar-refractivity contribution in [3.05, 3.63) is 54.6 Å². The first-order valence-corrected chi connectivity index (χ1v) is 6.88. The summed E-state index contributed by atoms with van der Waals surface area (Å²) in [6, 6.07) is 17.2. The van der Waals surface area contributed by atoms with Gasteiger partial charge in [0, 0.05) is 0 Å². The monoisotopic (exact) mass is 300 g/mol. The van der Waals surface area contributed by atoms with Gasteiger partial charge >= 0.3 is 6.18 Å². The fraction of sp³-hybridized carbons (Fsp3) is 0.111. The molecule has 0 N–H and O–H groups in total. The highest BCUT2D eigenvalue weighted by molar-refractivity contribution is 6.23. The van der Waals surface area contributed by atoms with Gasteiger partial charge in [0.15, 0.2) is 6.61 Å². The van der Waals surface area contributed by atoms with Crippen molar-refractivity contribution in [2.45, 2.75) is 6.18 Å². The minimum Gasteiger partial charge on any atom is -0.484 e. The molecule has 0 spiro atoms. The average molecular weight is 300 g/mol. The fourth-order valence-electron chi connectivity index (χ4n) is 2.97. The van der Waals surface area contributed by atoms with Gasteiger partial charge in [-0.05, 0) is 44.5 Å². The summed E-state index contributed by atoms with van der Waals surface area (Å²) in [7, 11) is 0. The second-order valence-electron chi connectivity index (χ2n) is 5.36. The van der Waals surface area contributed by atoms with Crippen molar-refractivity contribution in [2.75, 3.05) is 6.61 Å². The summed E-state index contributed by atoms with van der Waals surface area (Å²) in [5.41, 5.74) is 0. The molecule has 0 saturated carbocycles. The molecule has 0 heterocycles. The number of hydrogen-bond acceptors (Lipinski definition) is 1. The lowest BCUT2D eigenvalue weighted by molar-refractivity contribution is -0.153. The molecule has 4 heteroatoms. The van der Waals surface area contributed by atoms with Crippen molar-refractivity contribution in [3.8, 4) is 5.75 Å². The molecular formula is C18H11F3O. The molecule has 0 aliphatic heterocycles. The summed E-state index contributed by atoms with van der Waals surface area (Å²) >= 11 is 0. The van der Waals surface area contributed by atoms with Crippen LogP contribution < -0.4 is 4.74 Å². The van der Waals surface area contributed by atoms with E-state index < -0.39 is 12.8 Å². The Morgan fingerprint density at radius 1 is 0.727 bits per heavy atom. The second kappa shape index (κ2) is 4.50. The van der Waals surface area contributed by atoms with Gasteiger partial charge < -0.3 is 4.74 Å². The van der Waals surface area contributed by atoms with Crippen LogP contribution in [0.5, 0.6) is 5.75 Å². The van der Waals surface area contributed by atoms with E-state index in [1.165, 1.54) is 0 Å². The van der Waals surface area contributed by atoms with Crippen LogP contribution in [0.1, 0.15) is 0 Å². The van der Waals surface area contributed by atoms with E-state index in [4.69, 9.17) is 4.74 Å². The summed E-state index contributed by atoms with van der Waals surface area (Å²) in [6.45, 7) is -1.28. The molecule has 0 atom stereocenters. The summed E-state index contributed by atoms with van der Waals surface area (Å²) in [5, 5.41) is 6.23. The Morgan fingerprint density at radius 2 is 1.23 bits per heavy atom. The van der Waals surface area contributed by atoms with E-state index in [0.29, 0.717) is 0 Å². The van der Waals surface area contributed by atoms with Gasteiger partial charge in [-0.25, -0.2) is 0 Å². The highest BCUT2D eigenvalue weighted by Gasteiger charge is 2.28. The Bertz CT molecular complexity index is 909. The highest BCUT2D eigenvalue weighted by atomic mass is 19.4. The van der Waals surface area contributed by atoms with E-state index in [1.54, 1.807) is 12.1 Å². The predicted octanol–water partition coefficient (Wildman–Crippen LogP) is 5.53. The van der Waals surface area contributed by atoms with Gasteiger partial charge in [-0.15, -0.1) is 0 Å². The molecule has 110 valence electrons. The number of hydrogen-bond donors (Lipinski definition) is 0. The van der Waals surface area contributed by atoms with Gasteiger partial charge in [0.05, 0.1) is 0 Å². The first kappa shape index (κ1) is 13.2. The molecule has 4 rings (SSSR count). The standard InChI is InChI=1S/C18H11F3O/c19-18(20,21)10-22-15-8-13-6-4-11-2-1-3-12-5-7-14(9-15)17(13)16(11)12/h1-9H,10H2. The van der Waals surface area contributed by atoms with Gasteiger partial charge in [-0.3, -0.25) is 0 Å². The predicted molar refractivity (Wildman–Crippen MR) is 81.7 cm³/mol. The zero-order chi connectivity index (χ0) is 15.3. The first-order valence-electron chi connectivity index (χ1n) is 6.88. The topological polar surface area (TPSA) is 9.23 Å². The summed E-state index contributed by atoms with van der Waals surface area (Å²) in [6.07, 6.45) is -4.33. The van der Waals surface area contributed by atoms with Crippen LogP contribution in [0.4, 0.5) is 13.2 Å². The third-order valence-corrected chi connectivity index (χ3v) is 3.84. The van der Waals surface area contributed by atoms with E-state index in [2.05, 4.69) is 0 Å². The van der Waals surface area contributed by atoms with E-state index in [-0.39, 0.29) is 5.75 Å². The lowest BCUT2D eigenvalue weighted by atomic mass is 9.94. The summed E-state index contributed by atoms with van der Waals surface area (Å²) in [4.78, 5) is 0. The number of ether oxygens (including phenoxy) is 1. The molecule has 22 heavy (non-hydrogen) atoms. The molecular weight excluding hydrogens is 289 g/mol. The number of halogens is 3. The van der Waals surface area contributed by atoms with E-state index >= 15 is 0 Å². The van der Waals surface area contributed by atoms with Gasteiger partial charge in [0.2, 0.25) is 0 Å². The maximum atomic E-state index is 12.3. The van der Waals surface area contributed by atoms with Crippen molar-refractivity contribution >= 4 is 32.3 Å². The average Bonchev–Trinajstić information content (AvgIpc) is 2.50. The lowest BCUT2D eigenvalue weighted by Gasteiger charge is -2.14. The van der Waals surface area contributed by atoms with Crippen molar-refractivity contribution in [1.82, 2.24) is 0 Å². The van der Waals surface area contributed by atoms with Crippen molar-refractivity contribution < 1.29 is 17.9 Å². The van der Waals surface area contributed by atoms with Crippen LogP contribution in [0.3, 0.4) is 0 Å². The molecule has 4 aromatic carbocycles. The van der Waals surface area contributed by atoms with Crippen LogP contribution in [0.2, 0.25) is 0 Å². The Hall–Kier alpha value is -2.49. The summed E-state index contributed by atoms with van der Waals surface area (Å²) < 4.78 is 41.8. The maximum Gasteiger partial charge on any atom is 0.422 e. The first-order chi connectivity index (χ1) is 10.5. The van der Waals surface area contributed by atoms with Gasteiger partial charge in [-0.2, -0.15) is 13.2 Å². The molecule has 0 fully saturated rings. The minimum atomic E-state index is -4.33. The van der Waals surface area contributed by atoms with Crippen molar-refractivity contribution in [3.63, 3.8) is 0 Å². The van der Waals surface area contributed by atoms with Crippen LogP contribution in [-0.4, -0.2) is 12.8 Å². The van der Waals surface area contributed by atoms with Crippen LogP contribution in [0.25, 0.3) is 32.3 Å². The third-order valence-electron chi connectivity index (χ3n) is 3.84. The molecule has 0 unspecified atom stereocenters. The molecule has 0 amide bonds. The Morgan fingerprint density at radius 3 is 1.77 bits per heavy atom. The van der Waals surface area contributed by atoms with Crippen molar-refractivity contribution in [1.29, 1.82) is 0 Å². The summed E-state index contributed by atoms with van der Waals surface area (Å²) in [5.74, 6) is 0.239. The van der Waals surface area contributed by atoms with Crippen LogP contribution >= 0.6 is 0 Å². The number of benzene rings is 4. The maximum absolute atomic E-state index is 12.3. The fourth-order valence-corrected chi connectivity index (χ4v) is 2.97. The second-order valence-corrected chi connectivity index (χ2v) is 5.36. The van der Waals surface area contributed by atoms with Crippen LogP contribution in [0.15, 0.2) is 54.6 Å². The SMILES string of the molecule is FC(F)(F)COc1cc2ccc3cccc4ccc(c1)c2c34. The largest absolute Gasteiger partial charge is 0.484 e. The molecule has 0 radical (unpaired) electrons. The molecule has 0 saturated heterocycles. The van der Waals surface area contributed by atoms with E-state index in [0.717, 1.165) is 32.3 Å². The zero-order valence-corrected chi connectivity index (χ0v) is 11.4. The quantitative estimate of drug-likeness (QED) is 0.443. The van der Waals surface area contributed by atoms with Crippen molar-refractivity contribution in [2.24, 2.45) is 0 Å². The third kappa shape index (κ3) is 2.11. The normalized spacial score (nSPS) is 12.5. The minimum absolute atomic E-state index is 0.239. The van der Waals surface area contributed by atoms with Crippen LogP contribution in [-0.2, 0) is 0 Å². The van der Waals surface area contributed by atoms with E-state index in [1.807, 2.05) is 42.5 Å². The molecule has 0 bridgehead atoms. The number of alkyl halides is 3. The van der Waals surface area contributed by atoms with Crippen LogP contribution in [0, 0.1) is 0 Å². The zero-order valence-electron chi connectivity index (χ0n) is 11.4. The Labute approximate surface area is 124 Å². The Balaban J connectivity index is 1.93. The molecule has 0 aromatic heterocycles. The van der Waals surface area contributed by atoms with Gasteiger partial charge in [-0.1, -0.05) is 42.5 Å². The highest BCUT2D eigenvalue weighted by Crippen LogP contribution is 2.36. The number of rotatable bonds is 2. The smallest absolute Gasteiger partial charge is 0.422 e. The molecule has 1 nitrogen and oxygen atoms in total. The molecule has 0 aliphatic rings. The lowest BCUT2D eigenvalue weighted by Crippen LogP contribution is -2.19. The van der Waals surface area contributed by atoms with Gasteiger partial charge in [0.25, 0.3) is 0 Å². The molecule has 4 aromatic rings. The van der Waals surface area contributed by atoms with E-state index in [9.17, 15) is 13.2 Å². The molecule has 0 aliphatic carbocycles. The van der Waals surface area contributed by atoms with Gasteiger partial charge in [0.1, 0.15) is 5.75 Å². The Kier molecular flexibility index (Phi) is 2.70.